The molecule has 40 heavy (non-hydrogen) atoms. The molecule has 0 aliphatic heterocycles. The fourth-order valence-corrected chi connectivity index (χ4v) is 5.70. The van der Waals surface area contributed by atoms with Crippen molar-refractivity contribution >= 4 is 15.6 Å². The highest BCUT2D eigenvalue weighted by Crippen LogP contribution is 2.57. The maximum absolute atomic E-state index is 11.7. The average Bonchev–Trinajstić information content (AvgIpc) is 2.83. The van der Waals surface area contributed by atoms with Gasteiger partial charge in [0.1, 0.15) is 0 Å². The summed E-state index contributed by atoms with van der Waals surface area (Å²) in [6.07, 6.45) is 25.6. The van der Waals surface area contributed by atoms with Crippen LogP contribution in [0.1, 0.15) is 131 Å². The van der Waals surface area contributed by atoms with Gasteiger partial charge in [-0.05, 0) is 105 Å². The first-order valence-electron chi connectivity index (χ1n) is 14.8. The lowest BCUT2D eigenvalue weighted by molar-refractivity contribution is 0.191. The van der Waals surface area contributed by atoms with Crippen molar-refractivity contribution in [3.63, 3.8) is 0 Å². The lowest BCUT2D eigenvalue weighted by Gasteiger charge is -2.12. The normalized spacial score (nSPS) is 15.3. The summed E-state index contributed by atoms with van der Waals surface area (Å²) in [4.78, 5) is 27.0. The molecule has 0 aromatic heterocycles. The van der Waals surface area contributed by atoms with Crippen molar-refractivity contribution in [1.82, 2.24) is 0 Å². The molecule has 0 rings (SSSR count). The molecule has 0 saturated carbocycles. The second-order valence-corrected chi connectivity index (χ2v) is 13.6. The minimum Gasteiger partial charge on any atom is -0.302 e. The summed E-state index contributed by atoms with van der Waals surface area (Å²) in [5, 5.41) is 0. The zero-order valence-electron chi connectivity index (χ0n) is 25.9. The van der Waals surface area contributed by atoms with E-state index in [2.05, 4.69) is 70.2 Å². The fourth-order valence-electron chi connectivity index (χ4n) is 4.18. The van der Waals surface area contributed by atoms with Crippen molar-refractivity contribution in [3.8, 4) is 0 Å². The Morgan fingerprint density at radius 3 is 1.55 bits per heavy atom. The number of hydrogen-bond donors (Lipinski definition) is 3. The molecule has 1 unspecified atom stereocenters. The van der Waals surface area contributed by atoms with Crippen LogP contribution in [0.2, 0.25) is 0 Å². The van der Waals surface area contributed by atoms with Crippen LogP contribution in [0, 0.1) is 0 Å². The Hall–Kier alpha value is -1.04. The Kier molecular flexibility index (Phi) is 22.0. The predicted molar refractivity (Wildman–Crippen MR) is 168 cm³/mol. The van der Waals surface area contributed by atoms with Crippen LogP contribution >= 0.6 is 15.6 Å². The maximum Gasteiger partial charge on any atom is 0.481 e. The molecule has 0 fully saturated rings. The second-order valence-electron chi connectivity index (χ2n) is 10.8. The molecule has 232 valence electrons. The van der Waals surface area contributed by atoms with Gasteiger partial charge in [0.2, 0.25) is 0 Å². The van der Waals surface area contributed by atoms with Gasteiger partial charge in [0.05, 0.1) is 6.61 Å². The number of rotatable bonds is 23. The Labute approximate surface area is 244 Å². The number of allylic oxidation sites excluding steroid dienone is 9. The highest BCUT2D eigenvalue weighted by atomic mass is 31.3. The van der Waals surface area contributed by atoms with Crippen LogP contribution in [0.15, 0.2) is 58.2 Å². The van der Waals surface area contributed by atoms with Crippen molar-refractivity contribution in [2.75, 3.05) is 6.61 Å². The van der Waals surface area contributed by atoms with Gasteiger partial charge in [-0.3, -0.25) is 4.52 Å². The zero-order chi connectivity index (χ0) is 30.4. The molecule has 0 radical (unpaired) electrons. The third kappa shape index (κ3) is 24.7. The molecule has 0 saturated heterocycles. The van der Waals surface area contributed by atoms with Gasteiger partial charge in [-0.2, -0.15) is 4.31 Å². The fraction of sp³-hybridized carbons (Fsp3) is 0.677. The Morgan fingerprint density at radius 1 is 0.625 bits per heavy atom. The van der Waals surface area contributed by atoms with Crippen LogP contribution in [-0.4, -0.2) is 21.3 Å². The summed E-state index contributed by atoms with van der Waals surface area (Å²) in [7, 11) is -9.94. The molecule has 0 aliphatic rings. The Balaban J connectivity index is 4.92. The maximum atomic E-state index is 11.7. The molecule has 3 N–H and O–H groups in total. The first-order chi connectivity index (χ1) is 18.8. The summed E-state index contributed by atoms with van der Waals surface area (Å²) in [5.74, 6) is 0. The number of phosphoric ester groups is 1. The van der Waals surface area contributed by atoms with Gasteiger partial charge in [-0.25, -0.2) is 9.13 Å². The van der Waals surface area contributed by atoms with Crippen LogP contribution < -0.4 is 0 Å². The average molecular weight is 603 g/mol. The lowest BCUT2D eigenvalue weighted by Crippen LogP contribution is -1.96. The standard InChI is InChI=1S/C31H56O7P2/c1-7-9-20-30(22-13-19-29(6)18-12-17-28(5)16-11-15-27(3)4)23-14-24-31(21-10-8-2)25-26-37-40(35,36)38-39(32,33)34/h15,17,19,23,25H,7-14,16,18,20-22,24,26H2,1-6H3,(H,35,36)(H2,32,33,34)/b28-17+,29-19+,30-23-,31-25-. The van der Waals surface area contributed by atoms with Gasteiger partial charge in [-0.1, -0.05) is 84.9 Å². The third-order valence-corrected chi connectivity index (χ3v) is 8.65. The van der Waals surface area contributed by atoms with Crippen LogP contribution in [0.25, 0.3) is 0 Å². The van der Waals surface area contributed by atoms with Crippen molar-refractivity contribution in [2.45, 2.75) is 131 Å². The zero-order valence-corrected chi connectivity index (χ0v) is 27.7. The van der Waals surface area contributed by atoms with Crippen molar-refractivity contribution in [2.24, 2.45) is 0 Å². The van der Waals surface area contributed by atoms with Crippen LogP contribution in [0.4, 0.5) is 0 Å². The van der Waals surface area contributed by atoms with Gasteiger partial charge >= 0.3 is 15.6 Å². The van der Waals surface area contributed by atoms with E-state index in [9.17, 15) is 14.0 Å². The molecule has 0 aromatic rings. The van der Waals surface area contributed by atoms with Gasteiger partial charge in [0.25, 0.3) is 0 Å². The van der Waals surface area contributed by atoms with E-state index in [1.54, 1.807) is 6.08 Å². The van der Waals surface area contributed by atoms with E-state index < -0.39 is 15.6 Å². The predicted octanol–water partition coefficient (Wildman–Crippen LogP) is 10.4. The van der Waals surface area contributed by atoms with E-state index in [1.807, 2.05) is 0 Å². The van der Waals surface area contributed by atoms with E-state index in [4.69, 9.17) is 14.3 Å². The van der Waals surface area contributed by atoms with Gasteiger partial charge in [-0.15, -0.1) is 0 Å². The molecular weight excluding hydrogens is 546 g/mol. The quantitative estimate of drug-likeness (QED) is 0.0787. The largest absolute Gasteiger partial charge is 0.481 e. The molecule has 0 spiro atoms. The minimum absolute atomic E-state index is 0.243. The van der Waals surface area contributed by atoms with E-state index in [0.717, 1.165) is 89.0 Å². The van der Waals surface area contributed by atoms with Gasteiger partial charge in [0, 0.05) is 0 Å². The molecule has 0 heterocycles. The topological polar surface area (TPSA) is 113 Å². The minimum atomic E-state index is -5.11. The van der Waals surface area contributed by atoms with Crippen molar-refractivity contribution in [1.29, 1.82) is 0 Å². The van der Waals surface area contributed by atoms with Gasteiger partial charge in [0.15, 0.2) is 0 Å². The summed E-state index contributed by atoms with van der Waals surface area (Å²) < 4.78 is 31.1. The molecule has 0 aliphatic carbocycles. The molecule has 7 nitrogen and oxygen atoms in total. The van der Waals surface area contributed by atoms with Crippen molar-refractivity contribution in [3.05, 3.63) is 58.2 Å². The second kappa shape index (κ2) is 22.5. The number of hydrogen-bond acceptors (Lipinski definition) is 4. The van der Waals surface area contributed by atoms with E-state index in [0.29, 0.717) is 0 Å². The summed E-state index contributed by atoms with van der Waals surface area (Å²) >= 11 is 0. The molecule has 1 atom stereocenters. The van der Waals surface area contributed by atoms with Crippen LogP contribution in [-0.2, 0) is 18.0 Å². The van der Waals surface area contributed by atoms with Crippen LogP contribution in [0.3, 0.4) is 0 Å². The molecule has 0 aromatic carbocycles. The Bertz CT molecular complexity index is 951. The molecular formula is C31H56O7P2. The highest BCUT2D eigenvalue weighted by Gasteiger charge is 2.31. The van der Waals surface area contributed by atoms with Crippen molar-refractivity contribution < 1.29 is 32.6 Å². The Morgan fingerprint density at radius 2 is 1.07 bits per heavy atom. The van der Waals surface area contributed by atoms with Gasteiger partial charge < -0.3 is 14.7 Å². The van der Waals surface area contributed by atoms with E-state index in [-0.39, 0.29) is 6.61 Å². The first kappa shape index (κ1) is 39.0. The lowest BCUT2D eigenvalue weighted by atomic mass is 9.98. The summed E-state index contributed by atoms with van der Waals surface area (Å²) in [6.45, 7) is 12.8. The summed E-state index contributed by atoms with van der Waals surface area (Å²) in [5.41, 5.74) is 6.86. The molecule has 0 amide bonds. The van der Waals surface area contributed by atoms with Crippen LogP contribution in [0.5, 0.6) is 0 Å². The molecule has 0 bridgehead atoms. The van der Waals surface area contributed by atoms with E-state index in [1.165, 1.54) is 28.7 Å². The van der Waals surface area contributed by atoms with E-state index >= 15 is 0 Å². The summed E-state index contributed by atoms with van der Waals surface area (Å²) in [6, 6.07) is 0. The molecule has 9 heteroatoms. The number of unbranched alkanes of at least 4 members (excludes halogenated alkanes) is 2. The monoisotopic (exact) mass is 602 g/mol. The number of phosphoric acid groups is 2. The third-order valence-electron chi connectivity index (χ3n) is 6.50. The highest BCUT2D eigenvalue weighted by molar-refractivity contribution is 7.60. The smallest absolute Gasteiger partial charge is 0.302 e. The SMILES string of the molecule is CCCC/C(=C/COP(=O)(O)OP(=O)(O)O)CC/C=C(\CC/C=C(\C)CC/C=C(\C)CCC=C(C)C)CCCC. The first-order valence-corrected chi connectivity index (χ1v) is 17.8.